The number of carbonyl (C=O) groups is 1. The van der Waals surface area contributed by atoms with Gasteiger partial charge in [-0.15, -0.1) is 0 Å². The Hall–Kier alpha value is -2.56. The number of hydrogen-bond acceptors (Lipinski definition) is 2. The van der Waals surface area contributed by atoms with Gasteiger partial charge in [-0.1, -0.05) is 44.9 Å². The molecule has 1 fully saturated rings. The van der Waals surface area contributed by atoms with E-state index in [4.69, 9.17) is 4.74 Å². The molecule has 166 valence electrons. The van der Waals surface area contributed by atoms with E-state index in [0.29, 0.717) is 11.5 Å². The number of hydrogen-bond donors (Lipinski definition) is 0. The van der Waals surface area contributed by atoms with Crippen molar-refractivity contribution >= 4 is 12.0 Å². The number of esters is 1. The van der Waals surface area contributed by atoms with Gasteiger partial charge in [-0.3, -0.25) is 0 Å². The van der Waals surface area contributed by atoms with Gasteiger partial charge in [0.1, 0.15) is 11.6 Å². The first-order valence-corrected chi connectivity index (χ1v) is 11.0. The van der Waals surface area contributed by atoms with E-state index in [1.165, 1.54) is 37.8 Å². The molecule has 0 heterocycles. The molecule has 1 aliphatic carbocycles. The van der Waals surface area contributed by atoms with Crippen LogP contribution in [0, 0.1) is 35.2 Å². The summed E-state index contributed by atoms with van der Waals surface area (Å²) in [6, 6.07) is 6.99. The van der Waals surface area contributed by atoms with Crippen LogP contribution in [0.1, 0.15) is 68.3 Å². The minimum atomic E-state index is -1.14. The maximum absolute atomic E-state index is 14.4. The topological polar surface area (TPSA) is 26.3 Å². The van der Waals surface area contributed by atoms with E-state index in [-0.39, 0.29) is 11.3 Å². The molecule has 0 spiro atoms. The third-order valence-corrected chi connectivity index (χ3v) is 5.92. The van der Waals surface area contributed by atoms with Crippen LogP contribution in [-0.2, 0) is 0 Å². The van der Waals surface area contributed by atoms with E-state index < -0.39 is 23.4 Å². The molecule has 0 amide bonds. The van der Waals surface area contributed by atoms with Crippen LogP contribution in [0.2, 0.25) is 0 Å². The zero-order chi connectivity index (χ0) is 22.4. The lowest BCUT2D eigenvalue weighted by Crippen LogP contribution is -2.13. The number of ether oxygens (including phenoxy) is 1. The summed E-state index contributed by atoms with van der Waals surface area (Å²) >= 11 is 0. The molecule has 0 bridgehead atoms. The van der Waals surface area contributed by atoms with E-state index in [2.05, 4.69) is 19.9 Å². The predicted octanol–water partition coefficient (Wildman–Crippen LogP) is 7.58. The van der Waals surface area contributed by atoms with Gasteiger partial charge < -0.3 is 4.74 Å². The maximum Gasteiger partial charge on any atom is 0.346 e. The molecule has 2 aromatic rings. The molecule has 0 aromatic heterocycles. The maximum atomic E-state index is 14.4. The highest BCUT2D eigenvalue weighted by Crippen LogP contribution is 2.33. The van der Waals surface area contributed by atoms with Gasteiger partial charge in [0.15, 0.2) is 11.6 Å². The van der Waals surface area contributed by atoms with Crippen molar-refractivity contribution in [1.29, 1.82) is 0 Å². The molecule has 0 N–H and O–H groups in total. The van der Waals surface area contributed by atoms with Crippen molar-refractivity contribution in [1.82, 2.24) is 0 Å². The van der Waals surface area contributed by atoms with Crippen molar-refractivity contribution in [2.45, 2.75) is 52.4 Å². The van der Waals surface area contributed by atoms with E-state index in [1.54, 1.807) is 6.07 Å². The van der Waals surface area contributed by atoms with Crippen LogP contribution in [0.5, 0.6) is 5.75 Å². The molecule has 0 saturated heterocycles. The van der Waals surface area contributed by atoms with Crippen LogP contribution >= 0.6 is 0 Å². The summed E-state index contributed by atoms with van der Waals surface area (Å²) in [6.07, 6.45) is 11.4. The zero-order valence-electron chi connectivity index (χ0n) is 18.0. The van der Waals surface area contributed by atoms with Gasteiger partial charge in [0.2, 0.25) is 0 Å². The second kappa shape index (κ2) is 10.7. The van der Waals surface area contributed by atoms with Crippen LogP contribution in [-0.4, -0.2) is 5.97 Å². The normalized spacial score (nSPS) is 19.2. The second-order valence-corrected chi connectivity index (χ2v) is 8.82. The van der Waals surface area contributed by atoms with Gasteiger partial charge in [0, 0.05) is 6.07 Å². The van der Waals surface area contributed by atoms with E-state index >= 15 is 0 Å². The average Bonchev–Trinajstić information content (AvgIpc) is 2.74. The molecule has 3 rings (SSSR count). The molecule has 31 heavy (non-hydrogen) atoms. The minimum Gasteiger partial charge on any atom is -0.423 e. The molecule has 1 aliphatic rings. The van der Waals surface area contributed by atoms with Gasteiger partial charge in [0.25, 0.3) is 0 Å². The van der Waals surface area contributed by atoms with Crippen molar-refractivity contribution in [2.75, 3.05) is 0 Å². The summed E-state index contributed by atoms with van der Waals surface area (Å²) in [5, 5.41) is 0. The van der Waals surface area contributed by atoms with Crippen molar-refractivity contribution in [3.63, 3.8) is 0 Å². The number of rotatable bonds is 7. The number of carbonyl (C=O) groups excluding carboxylic acids is 1. The Morgan fingerprint density at radius 2 is 1.74 bits per heavy atom. The summed E-state index contributed by atoms with van der Waals surface area (Å²) in [7, 11) is 0. The Labute approximate surface area is 182 Å². The third kappa shape index (κ3) is 6.71. The van der Waals surface area contributed by atoms with Gasteiger partial charge in [0.05, 0.1) is 5.56 Å². The van der Waals surface area contributed by atoms with Crippen molar-refractivity contribution in [2.24, 2.45) is 17.8 Å². The van der Waals surface area contributed by atoms with Crippen molar-refractivity contribution < 1.29 is 22.7 Å². The fraction of sp³-hybridized carbons (Fsp3) is 0.423. The summed E-state index contributed by atoms with van der Waals surface area (Å²) in [5.74, 6) is -1.97. The first-order valence-electron chi connectivity index (χ1n) is 11.0. The molecule has 0 unspecified atom stereocenters. The largest absolute Gasteiger partial charge is 0.423 e. The first-order chi connectivity index (χ1) is 14.8. The highest BCUT2D eigenvalue weighted by molar-refractivity contribution is 5.91. The van der Waals surface area contributed by atoms with E-state index in [9.17, 15) is 18.0 Å². The molecule has 5 heteroatoms. The van der Waals surface area contributed by atoms with Crippen molar-refractivity contribution in [3.05, 3.63) is 71.1 Å². The standard InChI is InChI=1S/C26H29F3O2/c1-17(2)3-4-18-5-7-19(8-6-18)9-10-20-11-13-22(24(28)15-20)26(30)31-21-12-14-23(27)25(29)16-21/h9-19H,3-8H2,1-2H3/b10-9+. The molecular formula is C26H29F3O2. The molecular weight excluding hydrogens is 401 g/mol. The SMILES string of the molecule is CC(C)CCC1CCC(/C=C/c2ccc(C(=O)Oc3ccc(F)c(F)c3)c(F)c2)CC1. The first kappa shape index (κ1) is 23.1. The van der Waals surface area contributed by atoms with E-state index in [1.807, 2.05) is 6.08 Å². The van der Waals surface area contributed by atoms with Gasteiger partial charge >= 0.3 is 5.97 Å². The number of benzene rings is 2. The fourth-order valence-electron chi connectivity index (χ4n) is 3.99. The average molecular weight is 431 g/mol. The monoisotopic (exact) mass is 430 g/mol. The molecule has 0 radical (unpaired) electrons. The summed E-state index contributed by atoms with van der Waals surface area (Å²) in [6.45, 7) is 4.53. The Morgan fingerprint density at radius 3 is 2.39 bits per heavy atom. The number of halogens is 3. The second-order valence-electron chi connectivity index (χ2n) is 8.82. The highest BCUT2D eigenvalue weighted by atomic mass is 19.2. The fourth-order valence-corrected chi connectivity index (χ4v) is 3.99. The van der Waals surface area contributed by atoms with Gasteiger partial charge in [-0.2, -0.15) is 0 Å². The lowest BCUT2D eigenvalue weighted by Gasteiger charge is -2.27. The van der Waals surface area contributed by atoms with Crippen LogP contribution in [0.4, 0.5) is 13.2 Å². The third-order valence-electron chi connectivity index (χ3n) is 5.92. The zero-order valence-corrected chi connectivity index (χ0v) is 18.0. The molecule has 0 atom stereocenters. The lowest BCUT2D eigenvalue weighted by atomic mass is 9.79. The Bertz CT molecular complexity index is 928. The van der Waals surface area contributed by atoms with Gasteiger partial charge in [-0.05, 0) is 73.3 Å². The molecule has 2 nitrogen and oxygen atoms in total. The van der Waals surface area contributed by atoms with Crippen LogP contribution < -0.4 is 4.74 Å². The van der Waals surface area contributed by atoms with Gasteiger partial charge in [-0.25, -0.2) is 18.0 Å². The summed E-state index contributed by atoms with van der Waals surface area (Å²) in [4.78, 5) is 12.2. The lowest BCUT2D eigenvalue weighted by molar-refractivity contribution is 0.0729. The Balaban J connectivity index is 1.55. The van der Waals surface area contributed by atoms with Crippen LogP contribution in [0.25, 0.3) is 6.08 Å². The Morgan fingerprint density at radius 1 is 1.00 bits per heavy atom. The quantitative estimate of drug-likeness (QED) is 0.334. The predicted molar refractivity (Wildman–Crippen MR) is 116 cm³/mol. The molecule has 2 aromatic carbocycles. The number of allylic oxidation sites excluding steroid dienone is 1. The van der Waals surface area contributed by atoms with E-state index in [0.717, 1.165) is 42.9 Å². The minimum absolute atomic E-state index is 0.184. The molecule has 0 aliphatic heterocycles. The van der Waals surface area contributed by atoms with Crippen LogP contribution in [0.15, 0.2) is 42.5 Å². The highest BCUT2D eigenvalue weighted by Gasteiger charge is 2.20. The molecule has 1 saturated carbocycles. The smallest absolute Gasteiger partial charge is 0.346 e. The summed E-state index contributed by atoms with van der Waals surface area (Å²) < 4.78 is 45.6. The van der Waals surface area contributed by atoms with Crippen LogP contribution in [0.3, 0.4) is 0 Å². The summed E-state index contributed by atoms with van der Waals surface area (Å²) in [5.41, 5.74) is 0.413. The Kier molecular flexibility index (Phi) is 7.94. The van der Waals surface area contributed by atoms with Crippen molar-refractivity contribution in [3.8, 4) is 5.75 Å².